The summed E-state index contributed by atoms with van der Waals surface area (Å²) in [5, 5.41) is 5.62. The van der Waals surface area contributed by atoms with E-state index >= 15 is 0 Å². The maximum Gasteiger partial charge on any atom is 0.228 e. The van der Waals surface area contributed by atoms with E-state index in [-0.39, 0.29) is 11.3 Å². The lowest BCUT2D eigenvalue weighted by Gasteiger charge is -2.15. The fraction of sp³-hybridized carbons (Fsp3) is 0.500. The van der Waals surface area contributed by atoms with E-state index in [1.807, 2.05) is 16.1 Å². The van der Waals surface area contributed by atoms with Crippen molar-refractivity contribution in [3.63, 3.8) is 0 Å². The maximum atomic E-state index is 12.3. The van der Waals surface area contributed by atoms with E-state index < -0.39 is 0 Å². The van der Waals surface area contributed by atoms with Crippen molar-refractivity contribution >= 4 is 22.4 Å². The largest absolute Gasteiger partial charge is 0.375 e. The van der Waals surface area contributed by atoms with E-state index in [0.29, 0.717) is 11.7 Å². The zero-order chi connectivity index (χ0) is 14.7. The fourth-order valence-electron chi connectivity index (χ4n) is 2.43. The number of carbonyl (C=O) groups excluding carboxylic acids is 1. The quantitative estimate of drug-likeness (QED) is 0.758. The van der Waals surface area contributed by atoms with Crippen molar-refractivity contribution in [2.45, 2.75) is 32.2 Å². The second-order valence-corrected chi connectivity index (χ2v) is 6.44. The fourth-order valence-corrected chi connectivity index (χ4v) is 3.03. The van der Waals surface area contributed by atoms with E-state index in [4.69, 9.17) is 5.73 Å². The third-order valence-corrected chi connectivity index (χ3v) is 4.57. The normalized spacial score (nSPS) is 15.8. The number of carbonyl (C=O) groups is 1. The van der Waals surface area contributed by atoms with Crippen LogP contribution < -0.4 is 11.1 Å². The molecule has 0 saturated heterocycles. The third kappa shape index (κ3) is 3.41. The molecule has 3 rings (SSSR count). The molecule has 3 N–H and O–H groups in total. The number of rotatable bonds is 7. The van der Waals surface area contributed by atoms with Gasteiger partial charge in [0, 0.05) is 30.9 Å². The summed E-state index contributed by atoms with van der Waals surface area (Å²) in [4.78, 5) is 20.5. The average Bonchev–Trinajstić information content (AvgIpc) is 2.86. The molecule has 112 valence electrons. The highest BCUT2D eigenvalue weighted by Crippen LogP contribution is 2.47. The summed E-state index contributed by atoms with van der Waals surface area (Å²) in [5.74, 6) is 0.161. The lowest BCUT2D eigenvalue weighted by Crippen LogP contribution is -2.35. The minimum Gasteiger partial charge on any atom is -0.375 e. The Kier molecular flexibility index (Phi) is 3.92. The Morgan fingerprint density at radius 3 is 3.00 bits per heavy atom. The van der Waals surface area contributed by atoms with E-state index in [1.165, 1.54) is 11.3 Å². The van der Waals surface area contributed by atoms with Gasteiger partial charge in [-0.1, -0.05) is 0 Å². The van der Waals surface area contributed by atoms with Crippen molar-refractivity contribution in [2.24, 2.45) is 5.41 Å². The number of aryl methyl sites for hydroxylation is 1. The van der Waals surface area contributed by atoms with Gasteiger partial charge in [0.05, 0.1) is 17.4 Å². The van der Waals surface area contributed by atoms with Crippen LogP contribution in [0.1, 0.15) is 25.0 Å². The first-order valence-electron chi connectivity index (χ1n) is 7.12. The Labute approximate surface area is 127 Å². The molecule has 6 nitrogen and oxygen atoms in total. The summed E-state index contributed by atoms with van der Waals surface area (Å²) in [7, 11) is 0. The maximum absolute atomic E-state index is 12.3. The van der Waals surface area contributed by atoms with Crippen molar-refractivity contribution < 1.29 is 4.79 Å². The van der Waals surface area contributed by atoms with Crippen LogP contribution in [0.5, 0.6) is 0 Å². The highest BCUT2D eigenvalue weighted by Gasteiger charge is 2.49. The van der Waals surface area contributed by atoms with E-state index in [1.54, 1.807) is 12.5 Å². The van der Waals surface area contributed by atoms with Crippen LogP contribution in [-0.2, 0) is 17.8 Å². The van der Waals surface area contributed by atoms with Gasteiger partial charge in [-0.05, 0) is 25.7 Å². The number of amides is 1. The van der Waals surface area contributed by atoms with Crippen molar-refractivity contribution in [1.29, 1.82) is 0 Å². The molecule has 2 aromatic heterocycles. The molecule has 1 aliphatic carbocycles. The number of nitrogens with zero attached hydrogens (tertiary/aromatic N) is 3. The van der Waals surface area contributed by atoms with Gasteiger partial charge < -0.3 is 15.6 Å². The van der Waals surface area contributed by atoms with Gasteiger partial charge in [-0.3, -0.25) is 4.79 Å². The van der Waals surface area contributed by atoms with E-state index in [2.05, 4.69) is 15.3 Å². The molecule has 1 amide bonds. The van der Waals surface area contributed by atoms with Gasteiger partial charge in [0.1, 0.15) is 0 Å². The van der Waals surface area contributed by atoms with Crippen LogP contribution in [0.25, 0.3) is 0 Å². The lowest BCUT2D eigenvalue weighted by molar-refractivity contribution is -0.126. The van der Waals surface area contributed by atoms with Gasteiger partial charge in [-0.15, -0.1) is 11.3 Å². The van der Waals surface area contributed by atoms with Gasteiger partial charge >= 0.3 is 0 Å². The average molecular weight is 305 g/mol. The van der Waals surface area contributed by atoms with E-state index in [0.717, 1.165) is 37.9 Å². The molecule has 1 aliphatic rings. The predicted octanol–water partition coefficient (Wildman–Crippen LogP) is 1.45. The number of nitrogens with two attached hydrogens (primary N) is 1. The first-order chi connectivity index (χ1) is 10.2. The summed E-state index contributed by atoms with van der Waals surface area (Å²) in [6.45, 7) is 1.41. The van der Waals surface area contributed by atoms with Crippen molar-refractivity contribution in [1.82, 2.24) is 19.9 Å². The van der Waals surface area contributed by atoms with Crippen LogP contribution in [0.4, 0.5) is 5.13 Å². The summed E-state index contributed by atoms with van der Waals surface area (Å²) in [6, 6.07) is 0. The number of aromatic nitrogens is 3. The lowest BCUT2D eigenvalue weighted by atomic mass is 10.1. The number of thiazole rings is 1. The Bertz CT molecular complexity index is 603. The van der Waals surface area contributed by atoms with Gasteiger partial charge in [-0.25, -0.2) is 9.97 Å². The second kappa shape index (κ2) is 5.85. The van der Waals surface area contributed by atoms with Crippen molar-refractivity contribution in [3.05, 3.63) is 29.8 Å². The molecule has 0 unspecified atom stereocenters. The monoisotopic (exact) mass is 305 g/mol. The van der Waals surface area contributed by atoms with Crippen LogP contribution in [0, 0.1) is 5.41 Å². The Morgan fingerprint density at radius 1 is 1.52 bits per heavy atom. The number of anilines is 1. The number of nitrogens with one attached hydrogen (secondary N) is 1. The topological polar surface area (TPSA) is 85.8 Å². The summed E-state index contributed by atoms with van der Waals surface area (Å²) in [5.41, 5.74) is 6.38. The Balaban J connectivity index is 1.42. The molecule has 0 aromatic carbocycles. The van der Waals surface area contributed by atoms with Gasteiger partial charge in [-0.2, -0.15) is 0 Å². The van der Waals surface area contributed by atoms with Crippen molar-refractivity contribution in [3.8, 4) is 0 Å². The second-order valence-electron chi connectivity index (χ2n) is 5.55. The molecule has 0 radical (unpaired) electrons. The summed E-state index contributed by atoms with van der Waals surface area (Å²) in [6.07, 6.45) is 9.06. The SMILES string of the molecule is Nc1nc(CCCNC(=O)C2(Cn3ccnc3)CC2)cs1. The molecule has 21 heavy (non-hydrogen) atoms. The zero-order valence-corrected chi connectivity index (χ0v) is 12.6. The predicted molar refractivity (Wildman–Crippen MR) is 81.8 cm³/mol. The van der Waals surface area contributed by atoms with Crippen LogP contribution in [-0.4, -0.2) is 27.0 Å². The standard InChI is InChI=1S/C14H19N5OS/c15-13-18-11(8-21-13)2-1-5-17-12(20)14(3-4-14)9-19-7-6-16-10-19/h6-8,10H,1-5,9H2,(H2,15,18)(H,17,20). The number of nitrogen functional groups attached to an aromatic ring is 1. The van der Waals surface area contributed by atoms with Crippen LogP contribution in [0.3, 0.4) is 0 Å². The zero-order valence-electron chi connectivity index (χ0n) is 11.8. The molecular formula is C14H19N5OS. The van der Waals surface area contributed by atoms with Gasteiger partial charge in [0.25, 0.3) is 0 Å². The molecule has 2 aromatic rings. The number of hydrogen-bond donors (Lipinski definition) is 2. The molecular weight excluding hydrogens is 286 g/mol. The van der Waals surface area contributed by atoms with Gasteiger partial charge in [0.2, 0.25) is 5.91 Å². The molecule has 0 aliphatic heterocycles. The minimum absolute atomic E-state index is 0.161. The van der Waals surface area contributed by atoms with Crippen molar-refractivity contribution in [2.75, 3.05) is 12.3 Å². The highest BCUT2D eigenvalue weighted by molar-refractivity contribution is 7.13. The Hall–Kier alpha value is -1.89. The Morgan fingerprint density at radius 2 is 2.38 bits per heavy atom. The molecule has 0 bridgehead atoms. The van der Waals surface area contributed by atoms with E-state index in [9.17, 15) is 4.79 Å². The summed E-state index contributed by atoms with van der Waals surface area (Å²) >= 11 is 1.46. The summed E-state index contributed by atoms with van der Waals surface area (Å²) < 4.78 is 1.98. The first kappa shape index (κ1) is 14.1. The smallest absolute Gasteiger partial charge is 0.228 e. The molecule has 1 saturated carbocycles. The first-order valence-corrected chi connectivity index (χ1v) is 8.00. The van der Waals surface area contributed by atoms with Gasteiger partial charge in [0.15, 0.2) is 5.13 Å². The number of imidazole rings is 1. The highest BCUT2D eigenvalue weighted by atomic mass is 32.1. The van der Waals surface area contributed by atoms with Crippen LogP contribution >= 0.6 is 11.3 Å². The molecule has 2 heterocycles. The minimum atomic E-state index is -0.217. The van der Waals surface area contributed by atoms with Crippen LogP contribution in [0.2, 0.25) is 0 Å². The third-order valence-electron chi connectivity index (χ3n) is 3.84. The molecule has 1 fully saturated rings. The molecule has 7 heteroatoms. The number of hydrogen-bond acceptors (Lipinski definition) is 5. The molecule has 0 spiro atoms. The van der Waals surface area contributed by atoms with Crippen LogP contribution in [0.15, 0.2) is 24.1 Å². The molecule has 0 atom stereocenters.